The van der Waals surface area contributed by atoms with Gasteiger partial charge >= 0.3 is 0 Å². The van der Waals surface area contributed by atoms with Crippen LogP contribution in [0, 0.1) is 0 Å². The topological polar surface area (TPSA) is 32.6 Å². The average Bonchev–Trinajstić information content (AvgIpc) is 2.90. The Morgan fingerprint density at radius 1 is 1.29 bits per heavy atom. The molecular weight excluding hydrogens is 364 g/mol. The number of aryl methyl sites for hydroxylation is 1. The molecule has 2 aliphatic rings. The summed E-state index contributed by atoms with van der Waals surface area (Å²) < 4.78 is 3.35. The smallest absolute Gasteiger partial charge is 0.111 e. The Bertz CT molecular complexity index is 845. The van der Waals surface area contributed by atoms with Crippen LogP contribution in [-0.2, 0) is 6.42 Å². The maximum atomic E-state index is 4.84. The number of nitrogens with zero attached hydrogens (tertiary/aromatic N) is 3. The van der Waals surface area contributed by atoms with Gasteiger partial charge in [0.05, 0.1) is 17.1 Å². The maximum absolute atomic E-state index is 4.84. The molecule has 24 heavy (non-hydrogen) atoms. The number of halogens is 1. The molecule has 0 fully saturated rings. The highest BCUT2D eigenvalue weighted by molar-refractivity contribution is 9.10. The fraction of sp³-hybridized carbons (Fsp3) is 0.316. The van der Waals surface area contributed by atoms with Crippen LogP contribution in [0.15, 0.2) is 39.9 Å². The lowest BCUT2D eigenvalue weighted by molar-refractivity contribution is 0.425. The summed E-state index contributed by atoms with van der Waals surface area (Å²) in [6, 6.07) is 6.45. The lowest BCUT2D eigenvalue weighted by atomic mass is 9.98. The van der Waals surface area contributed by atoms with E-state index >= 15 is 0 Å². The van der Waals surface area contributed by atoms with Crippen LogP contribution in [0.1, 0.15) is 17.7 Å². The molecule has 2 aromatic rings. The molecule has 1 aliphatic heterocycles. The molecule has 5 heteroatoms. The van der Waals surface area contributed by atoms with Gasteiger partial charge in [-0.15, -0.1) is 0 Å². The monoisotopic (exact) mass is 384 g/mol. The summed E-state index contributed by atoms with van der Waals surface area (Å²) in [5.41, 5.74) is 7.11. The van der Waals surface area contributed by atoms with Gasteiger partial charge in [-0.2, -0.15) is 0 Å². The van der Waals surface area contributed by atoms with Gasteiger partial charge < -0.3 is 14.8 Å². The third-order valence-corrected chi connectivity index (χ3v) is 5.21. The Labute approximate surface area is 151 Å². The van der Waals surface area contributed by atoms with E-state index in [1.807, 2.05) is 6.21 Å². The molecule has 1 aromatic heterocycles. The lowest BCUT2D eigenvalue weighted by Gasteiger charge is -2.18. The molecule has 124 valence electrons. The van der Waals surface area contributed by atoms with E-state index < -0.39 is 0 Å². The third-order valence-electron chi connectivity index (χ3n) is 4.57. The zero-order valence-corrected chi connectivity index (χ0v) is 15.6. The number of likely N-dealkylation sites (N-methyl/N-ethyl adjacent to an activating group) is 1. The number of fused-ring (bicyclic) bond motifs is 2. The molecule has 1 aromatic carbocycles. The third kappa shape index (κ3) is 2.62. The van der Waals surface area contributed by atoms with Gasteiger partial charge in [0, 0.05) is 35.5 Å². The highest BCUT2D eigenvalue weighted by Gasteiger charge is 2.23. The standard InChI is InChI=1S/C19H21BrN4/c1-23(2)11-9-21-16-7-6-15(20)19-17(16)22-12-14-5-3-4-13-8-10-24(19)18(13)14/h5-8,10,12,21H,3-4,9,11H2,1-2H3. The van der Waals surface area contributed by atoms with Gasteiger partial charge in [-0.1, -0.05) is 6.08 Å². The molecule has 4 rings (SSSR count). The highest BCUT2D eigenvalue weighted by Crippen LogP contribution is 2.42. The fourth-order valence-electron chi connectivity index (χ4n) is 3.38. The SMILES string of the molecule is CN(C)CCNc1ccc(Br)c2c1N=CC1=CCCc3ccn-2c31. The van der Waals surface area contributed by atoms with Crippen molar-refractivity contribution in [1.82, 2.24) is 9.47 Å². The number of allylic oxidation sites excluding steroid dienone is 2. The molecule has 0 saturated heterocycles. The number of benzene rings is 1. The first-order chi connectivity index (χ1) is 11.6. The van der Waals surface area contributed by atoms with Gasteiger partial charge in [-0.05, 0) is 66.6 Å². The summed E-state index contributed by atoms with van der Waals surface area (Å²) in [6.07, 6.45) is 8.67. The van der Waals surface area contributed by atoms with E-state index in [1.165, 1.54) is 16.8 Å². The van der Waals surface area contributed by atoms with E-state index in [0.29, 0.717) is 0 Å². The van der Waals surface area contributed by atoms with Crippen LogP contribution in [0.2, 0.25) is 0 Å². The summed E-state index contributed by atoms with van der Waals surface area (Å²) >= 11 is 3.73. The highest BCUT2D eigenvalue weighted by atomic mass is 79.9. The molecule has 0 bridgehead atoms. The van der Waals surface area contributed by atoms with Crippen molar-refractivity contribution >= 4 is 39.1 Å². The van der Waals surface area contributed by atoms with Crippen molar-refractivity contribution < 1.29 is 0 Å². The van der Waals surface area contributed by atoms with Gasteiger partial charge in [-0.3, -0.25) is 4.99 Å². The van der Waals surface area contributed by atoms with Crippen LogP contribution < -0.4 is 5.32 Å². The van der Waals surface area contributed by atoms with Gasteiger partial charge in [0.15, 0.2) is 0 Å². The van der Waals surface area contributed by atoms with Crippen LogP contribution in [0.5, 0.6) is 0 Å². The van der Waals surface area contributed by atoms with E-state index in [2.05, 4.69) is 75.3 Å². The Hall–Kier alpha value is -1.85. The van der Waals surface area contributed by atoms with E-state index in [0.717, 1.165) is 47.5 Å². The van der Waals surface area contributed by atoms with Gasteiger partial charge in [0.2, 0.25) is 0 Å². The van der Waals surface area contributed by atoms with Crippen molar-refractivity contribution in [1.29, 1.82) is 0 Å². The van der Waals surface area contributed by atoms with Crippen molar-refractivity contribution in [3.8, 4) is 5.69 Å². The fourth-order valence-corrected chi connectivity index (χ4v) is 3.90. The number of aliphatic imine (C=N–C) groups is 1. The van der Waals surface area contributed by atoms with Crippen molar-refractivity contribution in [3.05, 3.63) is 46.2 Å². The molecule has 2 heterocycles. The zero-order valence-electron chi connectivity index (χ0n) is 14.0. The van der Waals surface area contributed by atoms with E-state index in [4.69, 9.17) is 4.99 Å². The second-order valence-corrected chi connectivity index (χ2v) is 7.39. The largest absolute Gasteiger partial charge is 0.382 e. The summed E-state index contributed by atoms with van der Waals surface area (Å²) in [5, 5.41) is 3.54. The number of hydrogen-bond donors (Lipinski definition) is 1. The average molecular weight is 385 g/mol. The molecule has 0 unspecified atom stereocenters. The Morgan fingerprint density at radius 2 is 2.17 bits per heavy atom. The molecule has 1 N–H and O–H groups in total. The van der Waals surface area contributed by atoms with Gasteiger partial charge in [0.1, 0.15) is 5.69 Å². The molecule has 0 radical (unpaired) electrons. The number of nitrogens with one attached hydrogen (secondary N) is 1. The van der Waals surface area contributed by atoms with E-state index in [9.17, 15) is 0 Å². The molecule has 0 atom stereocenters. The van der Waals surface area contributed by atoms with E-state index in [1.54, 1.807) is 0 Å². The Balaban J connectivity index is 1.83. The lowest BCUT2D eigenvalue weighted by Crippen LogP contribution is -2.20. The first-order valence-electron chi connectivity index (χ1n) is 8.31. The van der Waals surface area contributed by atoms with Gasteiger partial charge in [0.25, 0.3) is 0 Å². The van der Waals surface area contributed by atoms with Crippen LogP contribution in [0.3, 0.4) is 0 Å². The summed E-state index contributed by atoms with van der Waals surface area (Å²) in [5.74, 6) is 0. The van der Waals surface area contributed by atoms with Crippen LogP contribution in [0.25, 0.3) is 11.3 Å². The van der Waals surface area contributed by atoms with Crippen LogP contribution >= 0.6 is 15.9 Å². The number of hydrogen-bond acceptors (Lipinski definition) is 3. The summed E-state index contributed by atoms with van der Waals surface area (Å²) in [7, 11) is 4.17. The van der Waals surface area contributed by atoms with Crippen molar-refractivity contribution in [3.63, 3.8) is 0 Å². The Morgan fingerprint density at radius 3 is 3.00 bits per heavy atom. The second-order valence-electron chi connectivity index (χ2n) is 6.54. The first-order valence-corrected chi connectivity index (χ1v) is 9.11. The second kappa shape index (κ2) is 6.22. The molecule has 1 aliphatic carbocycles. The predicted molar refractivity (Wildman–Crippen MR) is 105 cm³/mol. The van der Waals surface area contributed by atoms with E-state index in [-0.39, 0.29) is 0 Å². The summed E-state index contributed by atoms with van der Waals surface area (Å²) in [4.78, 5) is 7.01. The minimum Gasteiger partial charge on any atom is -0.382 e. The molecule has 4 nitrogen and oxygen atoms in total. The van der Waals surface area contributed by atoms with Crippen molar-refractivity contribution in [2.75, 3.05) is 32.5 Å². The van der Waals surface area contributed by atoms with Crippen LogP contribution in [0.4, 0.5) is 11.4 Å². The summed E-state index contributed by atoms with van der Waals surface area (Å²) in [6.45, 7) is 1.88. The quantitative estimate of drug-likeness (QED) is 0.853. The first kappa shape index (κ1) is 15.7. The van der Waals surface area contributed by atoms with Crippen molar-refractivity contribution in [2.45, 2.75) is 12.8 Å². The molecule has 0 saturated carbocycles. The number of aromatic nitrogens is 1. The van der Waals surface area contributed by atoms with Crippen molar-refractivity contribution in [2.24, 2.45) is 4.99 Å². The van der Waals surface area contributed by atoms with Crippen LogP contribution in [-0.4, -0.2) is 42.9 Å². The number of rotatable bonds is 4. The zero-order chi connectivity index (χ0) is 16.7. The number of anilines is 1. The minimum atomic E-state index is 0.892. The molecular formula is C19H21BrN4. The normalized spacial score (nSPS) is 14.9. The molecule has 0 amide bonds. The molecule has 0 spiro atoms. The predicted octanol–water partition coefficient (Wildman–Crippen LogP) is 4.26. The Kier molecular flexibility index (Phi) is 4.06. The minimum absolute atomic E-state index is 0.892. The van der Waals surface area contributed by atoms with Gasteiger partial charge in [-0.25, -0.2) is 0 Å². The maximum Gasteiger partial charge on any atom is 0.111 e.